The lowest BCUT2D eigenvalue weighted by Gasteiger charge is -2.29. The minimum Gasteiger partial charge on any atom is -0.329 e. The van der Waals surface area contributed by atoms with E-state index < -0.39 is 11.9 Å². The van der Waals surface area contributed by atoms with Crippen molar-refractivity contribution in [2.45, 2.75) is 38.0 Å². The molecule has 4 N–H and O–H groups in total. The van der Waals surface area contributed by atoms with Crippen LogP contribution in [-0.2, 0) is 22.7 Å². The van der Waals surface area contributed by atoms with Crippen LogP contribution >= 0.6 is 0 Å². The Morgan fingerprint density at radius 1 is 1.14 bits per heavy atom. The fourth-order valence-electron chi connectivity index (χ4n) is 4.00. The molecule has 0 bridgehead atoms. The van der Waals surface area contributed by atoms with Crippen molar-refractivity contribution in [3.63, 3.8) is 0 Å². The normalized spacial score (nSPS) is 19.8. The van der Waals surface area contributed by atoms with Gasteiger partial charge in [0.15, 0.2) is 0 Å². The van der Waals surface area contributed by atoms with Gasteiger partial charge in [-0.1, -0.05) is 42.5 Å². The molecule has 2 aliphatic heterocycles. The molecule has 29 heavy (non-hydrogen) atoms. The molecule has 1 unspecified atom stereocenters. The number of imide groups is 1. The summed E-state index contributed by atoms with van der Waals surface area (Å²) in [6.07, 6.45) is 0.625. The van der Waals surface area contributed by atoms with E-state index in [-0.39, 0.29) is 24.3 Å². The molecule has 0 aromatic heterocycles. The third-order valence-electron chi connectivity index (χ3n) is 5.58. The lowest BCUT2D eigenvalue weighted by molar-refractivity contribution is -0.136. The first-order chi connectivity index (χ1) is 14.1. The molecule has 0 spiro atoms. The average Bonchev–Trinajstić information content (AvgIpc) is 3.05. The highest BCUT2D eigenvalue weighted by Crippen LogP contribution is 2.28. The zero-order valence-electron chi connectivity index (χ0n) is 16.1. The zero-order chi connectivity index (χ0) is 20.4. The van der Waals surface area contributed by atoms with E-state index in [1.54, 1.807) is 4.90 Å². The number of amides is 3. The van der Waals surface area contributed by atoms with E-state index in [0.29, 0.717) is 31.6 Å². The van der Waals surface area contributed by atoms with Crippen molar-refractivity contribution in [3.05, 3.63) is 70.8 Å². The Balaban J connectivity index is 1.45. The highest BCUT2D eigenvalue weighted by molar-refractivity contribution is 6.05. The van der Waals surface area contributed by atoms with Gasteiger partial charge in [0.1, 0.15) is 6.04 Å². The molecule has 2 aromatic rings. The SMILES string of the molecule is NC[C@H](NCc1ccc2c(c1)CN(C1CCC(=O)NC1=O)C2=O)c1ccccc1. The summed E-state index contributed by atoms with van der Waals surface area (Å²) < 4.78 is 0. The molecule has 7 nitrogen and oxygen atoms in total. The van der Waals surface area contributed by atoms with Gasteiger partial charge >= 0.3 is 0 Å². The van der Waals surface area contributed by atoms with E-state index in [9.17, 15) is 14.4 Å². The zero-order valence-corrected chi connectivity index (χ0v) is 16.1. The predicted octanol–water partition coefficient (Wildman–Crippen LogP) is 1.24. The molecule has 2 aromatic carbocycles. The number of piperidine rings is 1. The lowest BCUT2D eigenvalue weighted by atomic mass is 10.0. The van der Waals surface area contributed by atoms with Crippen molar-refractivity contribution >= 4 is 17.7 Å². The van der Waals surface area contributed by atoms with E-state index >= 15 is 0 Å². The summed E-state index contributed by atoms with van der Waals surface area (Å²) in [5, 5.41) is 5.79. The van der Waals surface area contributed by atoms with Crippen LogP contribution in [0, 0.1) is 0 Å². The second kappa shape index (κ2) is 8.14. The number of carbonyl (C=O) groups is 3. The maximum absolute atomic E-state index is 12.8. The number of rotatable bonds is 6. The van der Waals surface area contributed by atoms with E-state index in [0.717, 1.165) is 16.7 Å². The van der Waals surface area contributed by atoms with Crippen LogP contribution in [0.1, 0.15) is 45.9 Å². The number of nitrogens with one attached hydrogen (secondary N) is 2. The largest absolute Gasteiger partial charge is 0.329 e. The van der Waals surface area contributed by atoms with Gasteiger partial charge in [-0.05, 0) is 29.2 Å². The van der Waals surface area contributed by atoms with E-state index in [1.807, 2.05) is 48.5 Å². The van der Waals surface area contributed by atoms with Crippen molar-refractivity contribution in [2.24, 2.45) is 5.73 Å². The van der Waals surface area contributed by atoms with Crippen molar-refractivity contribution in [2.75, 3.05) is 6.54 Å². The fraction of sp³-hybridized carbons (Fsp3) is 0.318. The number of carbonyl (C=O) groups excluding carboxylic acids is 3. The Kier molecular flexibility index (Phi) is 5.42. The summed E-state index contributed by atoms with van der Waals surface area (Å²) in [7, 11) is 0. The lowest BCUT2D eigenvalue weighted by Crippen LogP contribution is -2.52. The van der Waals surface area contributed by atoms with Crippen LogP contribution in [-0.4, -0.2) is 35.2 Å². The number of nitrogens with zero attached hydrogens (tertiary/aromatic N) is 1. The molecule has 0 radical (unpaired) electrons. The summed E-state index contributed by atoms with van der Waals surface area (Å²) in [5.41, 5.74) is 9.64. The second-order valence-electron chi connectivity index (χ2n) is 7.47. The van der Waals surface area contributed by atoms with Crippen LogP contribution in [0.5, 0.6) is 0 Å². The molecule has 1 fully saturated rings. The molecule has 7 heteroatoms. The molecule has 0 aliphatic carbocycles. The number of hydrogen-bond donors (Lipinski definition) is 3. The molecular weight excluding hydrogens is 368 g/mol. The van der Waals surface area contributed by atoms with Gasteiger partial charge in [0, 0.05) is 37.7 Å². The fourth-order valence-corrected chi connectivity index (χ4v) is 4.00. The predicted molar refractivity (Wildman–Crippen MR) is 108 cm³/mol. The Morgan fingerprint density at radius 2 is 1.93 bits per heavy atom. The van der Waals surface area contributed by atoms with Crippen molar-refractivity contribution < 1.29 is 14.4 Å². The van der Waals surface area contributed by atoms with Gasteiger partial charge in [0.2, 0.25) is 11.8 Å². The Bertz CT molecular complexity index is 944. The number of fused-ring (bicyclic) bond motifs is 1. The molecule has 150 valence electrons. The molecule has 2 heterocycles. The third-order valence-corrected chi connectivity index (χ3v) is 5.58. The molecule has 4 rings (SSSR count). The van der Waals surface area contributed by atoms with Gasteiger partial charge in [-0.2, -0.15) is 0 Å². The van der Waals surface area contributed by atoms with Crippen molar-refractivity contribution in [1.29, 1.82) is 0 Å². The number of nitrogens with two attached hydrogens (primary N) is 1. The monoisotopic (exact) mass is 392 g/mol. The van der Waals surface area contributed by atoms with Crippen LogP contribution in [0.4, 0.5) is 0 Å². The Morgan fingerprint density at radius 3 is 2.66 bits per heavy atom. The van der Waals surface area contributed by atoms with E-state index in [1.165, 1.54) is 0 Å². The van der Waals surface area contributed by atoms with Crippen molar-refractivity contribution in [1.82, 2.24) is 15.5 Å². The molecule has 2 aliphatic rings. The van der Waals surface area contributed by atoms with Gasteiger partial charge in [-0.15, -0.1) is 0 Å². The van der Waals surface area contributed by atoms with Crippen LogP contribution in [0.15, 0.2) is 48.5 Å². The van der Waals surface area contributed by atoms with Crippen LogP contribution in [0.25, 0.3) is 0 Å². The average molecular weight is 392 g/mol. The summed E-state index contributed by atoms with van der Waals surface area (Å²) in [5.74, 6) is -0.826. The first kappa shape index (κ1) is 19.3. The molecular formula is C22H24N4O3. The Hall–Kier alpha value is -3.03. The van der Waals surface area contributed by atoms with Gasteiger partial charge in [0.25, 0.3) is 5.91 Å². The first-order valence-electron chi connectivity index (χ1n) is 9.81. The Labute approximate surface area is 169 Å². The van der Waals surface area contributed by atoms with Gasteiger partial charge in [-0.3, -0.25) is 19.7 Å². The summed E-state index contributed by atoms with van der Waals surface area (Å²) in [4.78, 5) is 37.9. The van der Waals surface area contributed by atoms with Crippen LogP contribution in [0.3, 0.4) is 0 Å². The first-order valence-corrected chi connectivity index (χ1v) is 9.81. The summed E-state index contributed by atoms with van der Waals surface area (Å²) in [6, 6.07) is 15.3. The smallest absolute Gasteiger partial charge is 0.255 e. The quantitative estimate of drug-likeness (QED) is 0.642. The molecule has 3 amide bonds. The highest BCUT2D eigenvalue weighted by atomic mass is 16.2. The maximum Gasteiger partial charge on any atom is 0.255 e. The topological polar surface area (TPSA) is 105 Å². The van der Waals surface area contributed by atoms with E-state index in [4.69, 9.17) is 5.73 Å². The number of hydrogen-bond acceptors (Lipinski definition) is 5. The molecule has 1 saturated heterocycles. The van der Waals surface area contributed by atoms with E-state index in [2.05, 4.69) is 10.6 Å². The number of benzene rings is 2. The van der Waals surface area contributed by atoms with Gasteiger partial charge < -0.3 is 16.0 Å². The molecule has 0 saturated carbocycles. The van der Waals surface area contributed by atoms with Crippen LogP contribution in [0.2, 0.25) is 0 Å². The van der Waals surface area contributed by atoms with Crippen molar-refractivity contribution in [3.8, 4) is 0 Å². The second-order valence-corrected chi connectivity index (χ2v) is 7.47. The third kappa shape index (κ3) is 3.92. The van der Waals surface area contributed by atoms with Crippen LogP contribution < -0.4 is 16.4 Å². The summed E-state index contributed by atoms with van der Waals surface area (Å²) >= 11 is 0. The van der Waals surface area contributed by atoms with Gasteiger partial charge in [0.05, 0.1) is 0 Å². The standard InChI is InChI=1S/C22H24N4O3/c23-11-18(15-4-2-1-3-5-15)24-12-14-6-7-17-16(10-14)13-26(22(17)29)19-8-9-20(27)25-21(19)28/h1-7,10,18-19,24H,8-9,11-13,23H2,(H,25,27,28)/t18-,19?/m0/s1. The van der Waals surface area contributed by atoms with Gasteiger partial charge in [-0.25, -0.2) is 0 Å². The highest BCUT2D eigenvalue weighted by Gasteiger charge is 2.39. The molecule has 2 atom stereocenters. The summed E-state index contributed by atoms with van der Waals surface area (Å²) in [6.45, 7) is 1.49. The maximum atomic E-state index is 12.8. The minimum absolute atomic E-state index is 0.0473. The minimum atomic E-state index is -0.589.